The summed E-state index contributed by atoms with van der Waals surface area (Å²) >= 11 is 0. The van der Waals surface area contributed by atoms with E-state index in [1.54, 1.807) is 17.0 Å². The normalized spacial score (nSPS) is 18.5. The van der Waals surface area contributed by atoms with E-state index in [4.69, 9.17) is 9.72 Å². The summed E-state index contributed by atoms with van der Waals surface area (Å²) < 4.78 is 7.50. The predicted octanol–water partition coefficient (Wildman–Crippen LogP) is 5.93. The van der Waals surface area contributed by atoms with Gasteiger partial charge in [0.05, 0.1) is 29.4 Å². The third kappa shape index (κ3) is 4.28. The number of nitrogens with zero attached hydrogens (tertiary/aromatic N) is 3. The van der Waals surface area contributed by atoms with Crippen molar-refractivity contribution >= 4 is 28.8 Å². The van der Waals surface area contributed by atoms with Crippen LogP contribution >= 0.6 is 0 Å². The molecular weight excluding hydrogens is 442 g/mol. The van der Waals surface area contributed by atoms with Crippen molar-refractivity contribution in [2.75, 3.05) is 12.0 Å². The Morgan fingerprint density at radius 3 is 2.57 bits per heavy atom. The molecule has 1 saturated carbocycles. The summed E-state index contributed by atoms with van der Waals surface area (Å²) in [6.45, 7) is 2.05. The molecule has 0 bridgehead atoms. The van der Waals surface area contributed by atoms with Crippen LogP contribution in [0.5, 0.6) is 0 Å². The highest BCUT2D eigenvalue weighted by Crippen LogP contribution is 2.39. The summed E-state index contributed by atoms with van der Waals surface area (Å²) in [7, 11) is 1.42. The molecule has 0 spiro atoms. The second kappa shape index (κ2) is 9.72. The number of carbonyl (C=O) groups excluding carboxylic acids is 1. The Hall–Kier alpha value is -3.35. The number of anilines is 1. The monoisotopic (exact) mass is 475 g/mol. The van der Waals surface area contributed by atoms with Crippen LogP contribution in [0.4, 0.5) is 10.5 Å². The first-order chi connectivity index (χ1) is 17.0. The molecule has 1 fully saturated rings. The fourth-order valence-corrected chi connectivity index (χ4v) is 5.94. The van der Waals surface area contributed by atoms with Gasteiger partial charge in [-0.2, -0.15) is 0 Å². The van der Waals surface area contributed by atoms with Crippen molar-refractivity contribution in [1.82, 2.24) is 9.55 Å². The lowest BCUT2D eigenvalue weighted by Crippen LogP contribution is -2.42. The molecule has 1 N–H and O–H groups in total. The van der Waals surface area contributed by atoms with Crippen molar-refractivity contribution in [1.29, 1.82) is 0 Å². The van der Waals surface area contributed by atoms with Gasteiger partial charge < -0.3 is 14.4 Å². The van der Waals surface area contributed by atoms with Crippen molar-refractivity contribution in [2.24, 2.45) is 0 Å². The third-order valence-electron chi connectivity index (χ3n) is 7.70. The van der Waals surface area contributed by atoms with Crippen LogP contribution in [0.3, 0.4) is 0 Å². The first-order valence-corrected chi connectivity index (χ1v) is 12.7. The average molecular weight is 476 g/mol. The van der Waals surface area contributed by atoms with Gasteiger partial charge in [-0.1, -0.05) is 37.5 Å². The molecule has 0 saturated heterocycles. The van der Waals surface area contributed by atoms with Gasteiger partial charge in [0.1, 0.15) is 5.82 Å². The minimum Gasteiger partial charge on any atom is -0.478 e. The molecule has 184 valence electrons. The minimum atomic E-state index is -0.896. The van der Waals surface area contributed by atoms with Crippen molar-refractivity contribution in [3.8, 4) is 0 Å². The number of ether oxygens (including phenoxy) is 1. The van der Waals surface area contributed by atoms with Gasteiger partial charge in [-0.15, -0.1) is 0 Å². The molecule has 1 aliphatic heterocycles. The lowest BCUT2D eigenvalue weighted by molar-refractivity contribution is 0.0695. The predicted molar refractivity (Wildman–Crippen MR) is 135 cm³/mol. The number of carboxylic acid groups (broad SMARTS) is 1. The van der Waals surface area contributed by atoms with Gasteiger partial charge in [0, 0.05) is 24.1 Å². The van der Waals surface area contributed by atoms with Crippen LogP contribution in [0.15, 0.2) is 36.4 Å². The lowest BCUT2D eigenvalue weighted by Gasteiger charge is -2.34. The Morgan fingerprint density at radius 2 is 1.83 bits per heavy atom. The molecule has 1 atom stereocenters. The van der Waals surface area contributed by atoms with E-state index in [0.29, 0.717) is 24.4 Å². The number of fused-ring (bicyclic) bond motifs is 3. The molecule has 2 aliphatic rings. The van der Waals surface area contributed by atoms with Crippen molar-refractivity contribution in [3.63, 3.8) is 0 Å². The highest BCUT2D eigenvalue weighted by Gasteiger charge is 2.32. The Labute approximate surface area is 205 Å². The van der Waals surface area contributed by atoms with E-state index in [1.165, 1.54) is 26.4 Å². The van der Waals surface area contributed by atoms with Crippen LogP contribution < -0.4 is 4.90 Å². The van der Waals surface area contributed by atoms with Gasteiger partial charge in [-0.25, -0.2) is 14.6 Å². The topological polar surface area (TPSA) is 84.7 Å². The van der Waals surface area contributed by atoms with E-state index in [9.17, 15) is 14.7 Å². The van der Waals surface area contributed by atoms with Gasteiger partial charge in [0.15, 0.2) is 0 Å². The summed E-state index contributed by atoms with van der Waals surface area (Å²) in [5.74, 6) is 0.108. The Morgan fingerprint density at radius 1 is 1.06 bits per heavy atom. The van der Waals surface area contributed by atoms with Crippen LogP contribution in [0.25, 0.3) is 11.0 Å². The lowest BCUT2D eigenvalue weighted by atomic mass is 9.94. The summed E-state index contributed by atoms with van der Waals surface area (Å²) in [6.07, 6.45) is 8.63. The fraction of sp³-hybridized carbons (Fsp3) is 0.464. The number of rotatable bonds is 5. The Kier molecular flexibility index (Phi) is 6.50. The first kappa shape index (κ1) is 23.4. The van der Waals surface area contributed by atoms with Crippen LogP contribution in [0.1, 0.15) is 78.8 Å². The Bertz CT molecular complexity index is 1260. The molecule has 0 radical (unpaired) electrons. The van der Waals surface area contributed by atoms with E-state index < -0.39 is 5.97 Å². The van der Waals surface area contributed by atoms with Gasteiger partial charge in [-0.05, 0) is 62.8 Å². The number of hydrogen-bond acceptors (Lipinski definition) is 4. The number of aryl methyl sites for hydroxylation is 3. The molecule has 1 amide bonds. The van der Waals surface area contributed by atoms with E-state index in [0.717, 1.165) is 59.4 Å². The fourth-order valence-electron chi connectivity index (χ4n) is 5.94. The maximum absolute atomic E-state index is 12.6. The standard InChI is InChI=1S/C28H33N3O4/c1-18-12-14-22-23(30(18)28(34)35-2)15-16-24-26(22)29-25(31(24)20-9-4-3-5-10-20)17-13-19-8-6-7-11-21(19)27(32)33/h6-8,11,15-16,18,20H,3-5,9-10,12-14,17H2,1-2H3,(H,32,33)/t18-/m0/s1. The largest absolute Gasteiger partial charge is 0.478 e. The van der Waals surface area contributed by atoms with Gasteiger partial charge in [0.25, 0.3) is 0 Å². The molecule has 7 heteroatoms. The van der Waals surface area contributed by atoms with Crippen LogP contribution in [-0.2, 0) is 24.0 Å². The van der Waals surface area contributed by atoms with E-state index in [-0.39, 0.29) is 12.1 Å². The number of amides is 1. The molecule has 2 aromatic carbocycles. The van der Waals surface area contributed by atoms with E-state index in [1.807, 2.05) is 12.1 Å². The molecule has 5 rings (SSSR count). The van der Waals surface area contributed by atoms with Gasteiger partial charge >= 0.3 is 12.1 Å². The number of hydrogen-bond donors (Lipinski definition) is 1. The second-order valence-corrected chi connectivity index (χ2v) is 9.81. The number of imidazole rings is 1. The number of benzene rings is 2. The maximum atomic E-state index is 12.6. The number of carbonyl (C=O) groups is 2. The second-order valence-electron chi connectivity index (χ2n) is 9.81. The first-order valence-electron chi connectivity index (χ1n) is 12.7. The number of carboxylic acids is 1. The van der Waals surface area contributed by atoms with Crippen molar-refractivity contribution in [2.45, 2.75) is 76.8 Å². The highest BCUT2D eigenvalue weighted by molar-refractivity contribution is 5.95. The summed E-state index contributed by atoms with van der Waals surface area (Å²) in [4.78, 5) is 31.2. The zero-order chi connectivity index (χ0) is 24.5. The molecular formula is C28H33N3O4. The van der Waals surface area contributed by atoms with Gasteiger partial charge in [-0.3, -0.25) is 4.90 Å². The number of aromatic nitrogens is 2. The smallest absolute Gasteiger partial charge is 0.414 e. The van der Waals surface area contributed by atoms with Crippen molar-refractivity contribution in [3.05, 3.63) is 58.9 Å². The SMILES string of the molecule is COC(=O)N1c2ccc3c(nc(CCc4ccccc4C(=O)O)n3C3CCCCC3)c2CC[C@@H]1C. The average Bonchev–Trinajstić information content (AvgIpc) is 3.26. The summed E-state index contributed by atoms with van der Waals surface area (Å²) in [6, 6.07) is 11.9. The Balaban J connectivity index is 1.59. The number of methoxy groups -OCH3 is 1. The van der Waals surface area contributed by atoms with Crippen LogP contribution in [-0.4, -0.2) is 39.9 Å². The quantitative estimate of drug-likeness (QED) is 0.494. The highest BCUT2D eigenvalue weighted by atomic mass is 16.5. The zero-order valence-electron chi connectivity index (χ0n) is 20.5. The summed E-state index contributed by atoms with van der Waals surface area (Å²) in [5, 5.41) is 9.62. The molecule has 35 heavy (non-hydrogen) atoms. The molecule has 0 unspecified atom stereocenters. The maximum Gasteiger partial charge on any atom is 0.414 e. The zero-order valence-corrected chi connectivity index (χ0v) is 20.5. The molecule has 1 aromatic heterocycles. The summed E-state index contributed by atoms with van der Waals surface area (Å²) in [5.41, 5.74) is 5.27. The van der Waals surface area contributed by atoms with Gasteiger partial charge in [0.2, 0.25) is 0 Å². The number of aromatic carboxylic acids is 1. The molecule has 2 heterocycles. The van der Waals surface area contributed by atoms with Crippen LogP contribution in [0.2, 0.25) is 0 Å². The van der Waals surface area contributed by atoms with E-state index in [2.05, 4.69) is 23.6 Å². The third-order valence-corrected chi connectivity index (χ3v) is 7.70. The molecule has 7 nitrogen and oxygen atoms in total. The molecule has 3 aromatic rings. The van der Waals surface area contributed by atoms with Crippen molar-refractivity contribution < 1.29 is 19.4 Å². The van der Waals surface area contributed by atoms with Crippen LogP contribution in [0, 0.1) is 0 Å². The van der Waals surface area contributed by atoms with E-state index >= 15 is 0 Å². The minimum absolute atomic E-state index is 0.0693. The molecule has 1 aliphatic carbocycles.